The standard InChI is InChI=1S/C8H12O2/c1-6-3-4-7(10-2)5-8(6)9/h4-6,9H,3H2,1-2H3/t6-/m1/s1. The molecule has 1 rings (SSSR count). The predicted molar refractivity (Wildman–Crippen MR) is 39.6 cm³/mol. The van der Waals surface area contributed by atoms with E-state index >= 15 is 0 Å². The maximum absolute atomic E-state index is 9.22. The van der Waals surface area contributed by atoms with Crippen LogP contribution in [0.5, 0.6) is 0 Å². The molecule has 1 aliphatic carbocycles. The lowest BCUT2D eigenvalue weighted by molar-refractivity contribution is 0.279. The van der Waals surface area contributed by atoms with Crippen molar-refractivity contribution in [3.8, 4) is 0 Å². The van der Waals surface area contributed by atoms with E-state index in [0.29, 0.717) is 5.76 Å². The van der Waals surface area contributed by atoms with Gasteiger partial charge in [-0.25, -0.2) is 0 Å². The molecule has 56 valence electrons. The first kappa shape index (κ1) is 7.19. The normalized spacial score (nSPS) is 25.2. The van der Waals surface area contributed by atoms with Crippen LogP contribution in [0.3, 0.4) is 0 Å². The Morgan fingerprint density at radius 2 is 2.40 bits per heavy atom. The van der Waals surface area contributed by atoms with Gasteiger partial charge < -0.3 is 9.84 Å². The molecule has 2 heteroatoms. The molecule has 0 aromatic heterocycles. The van der Waals surface area contributed by atoms with Crippen LogP contribution in [-0.4, -0.2) is 12.2 Å². The average molecular weight is 140 g/mol. The Balaban J connectivity index is 2.69. The Hall–Kier alpha value is -0.920. The first-order chi connectivity index (χ1) is 4.74. The molecule has 0 saturated heterocycles. The van der Waals surface area contributed by atoms with Crippen LogP contribution in [0.2, 0.25) is 0 Å². The summed E-state index contributed by atoms with van der Waals surface area (Å²) in [4.78, 5) is 0. The largest absolute Gasteiger partial charge is 0.512 e. The van der Waals surface area contributed by atoms with Gasteiger partial charge in [0.25, 0.3) is 0 Å². The van der Waals surface area contributed by atoms with Crippen LogP contribution in [-0.2, 0) is 4.74 Å². The van der Waals surface area contributed by atoms with Gasteiger partial charge in [-0.3, -0.25) is 0 Å². The summed E-state index contributed by atoms with van der Waals surface area (Å²) in [6, 6.07) is 0. The minimum Gasteiger partial charge on any atom is -0.512 e. The average Bonchev–Trinajstić information content (AvgIpc) is 1.95. The Morgan fingerprint density at radius 1 is 1.70 bits per heavy atom. The Bertz CT molecular complexity index is 180. The molecular weight excluding hydrogens is 128 g/mol. The van der Waals surface area contributed by atoms with E-state index in [4.69, 9.17) is 4.74 Å². The first-order valence-electron chi connectivity index (χ1n) is 3.38. The topological polar surface area (TPSA) is 29.5 Å². The number of aliphatic hydroxyl groups is 1. The summed E-state index contributed by atoms with van der Waals surface area (Å²) in [5.74, 6) is 1.42. The second kappa shape index (κ2) is 2.78. The van der Waals surface area contributed by atoms with Gasteiger partial charge in [-0.2, -0.15) is 0 Å². The fourth-order valence-corrected chi connectivity index (χ4v) is 0.903. The lowest BCUT2D eigenvalue weighted by Gasteiger charge is -2.14. The van der Waals surface area contributed by atoms with E-state index in [1.807, 2.05) is 13.0 Å². The third kappa shape index (κ3) is 1.32. The van der Waals surface area contributed by atoms with Crippen molar-refractivity contribution in [2.75, 3.05) is 7.11 Å². The maximum Gasteiger partial charge on any atom is 0.118 e. The van der Waals surface area contributed by atoms with Crippen molar-refractivity contribution in [3.63, 3.8) is 0 Å². The van der Waals surface area contributed by atoms with Crippen LogP contribution in [0.4, 0.5) is 0 Å². The fraction of sp³-hybridized carbons (Fsp3) is 0.500. The number of hydrogen-bond donors (Lipinski definition) is 1. The molecule has 1 N–H and O–H groups in total. The van der Waals surface area contributed by atoms with Crippen molar-refractivity contribution in [2.45, 2.75) is 13.3 Å². The summed E-state index contributed by atoms with van der Waals surface area (Å²) in [5, 5.41) is 9.22. The number of rotatable bonds is 1. The van der Waals surface area contributed by atoms with Gasteiger partial charge in [0.2, 0.25) is 0 Å². The molecule has 10 heavy (non-hydrogen) atoms. The van der Waals surface area contributed by atoms with Gasteiger partial charge in [0, 0.05) is 12.0 Å². The monoisotopic (exact) mass is 140 g/mol. The third-order valence-corrected chi connectivity index (χ3v) is 1.70. The van der Waals surface area contributed by atoms with Gasteiger partial charge in [-0.1, -0.05) is 6.92 Å². The van der Waals surface area contributed by atoms with Gasteiger partial charge in [-0.05, 0) is 12.5 Å². The molecule has 0 unspecified atom stereocenters. The SMILES string of the molecule is COC1=CC[C@@H](C)C(O)=C1. The zero-order valence-corrected chi connectivity index (χ0v) is 6.29. The molecule has 0 spiro atoms. The third-order valence-electron chi connectivity index (χ3n) is 1.70. The summed E-state index contributed by atoms with van der Waals surface area (Å²) in [6.07, 6.45) is 4.50. The zero-order valence-electron chi connectivity index (χ0n) is 6.29. The molecule has 1 aliphatic rings. The Kier molecular flexibility index (Phi) is 2.00. The molecule has 0 amide bonds. The molecule has 0 bridgehead atoms. The molecule has 0 aliphatic heterocycles. The van der Waals surface area contributed by atoms with Crippen molar-refractivity contribution < 1.29 is 9.84 Å². The number of methoxy groups -OCH3 is 1. The van der Waals surface area contributed by atoms with Gasteiger partial charge in [0.1, 0.15) is 5.76 Å². The van der Waals surface area contributed by atoms with Crippen LogP contribution in [0, 0.1) is 5.92 Å². The van der Waals surface area contributed by atoms with Gasteiger partial charge >= 0.3 is 0 Å². The Labute approximate surface area is 60.8 Å². The summed E-state index contributed by atoms with van der Waals surface area (Å²) in [7, 11) is 1.60. The molecular formula is C8H12O2. The molecule has 0 fully saturated rings. The van der Waals surface area contributed by atoms with Crippen molar-refractivity contribution in [2.24, 2.45) is 5.92 Å². The van der Waals surface area contributed by atoms with E-state index in [9.17, 15) is 5.11 Å². The van der Waals surface area contributed by atoms with Gasteiger partial charge in [0.05, 0.1) is 12.9 Å². The first-order valence-corrected chi connectivity index (χ1v) is 3.38. The number of ether oxygens (including phenoxy) is 1. The molecule has 0 aromatic rings. The smallest absolute Gasteiger partial charge is 0.118 e. The highest BCUT2D eigenvalue weighted by Gasteiger charge is 2.11. The molecule has 1 atom stereocenters. The van der Waals surface area contributed by atoms with Crippen molar-refractivity contribution in [1.82, 2.24) is 0 Å². The summed E-state index contributed by atoms with van der Waals surface area (Å²) in [6.45, 7) is 1.98. The lowest BCUT2D eigenvalue weighted by Crippen LogP contribution is -2.03. The van der Waals surface area contributed by atoms with Crippen LogP contribution < -0.4 is 0 Å². The zero-order chi connectivity index (χ0) is 7.56. The van der Waals surface area contributed by atoms with Gasteiger partial charge in [0.15, 0.2) is 0 Å². The van der Waals surface area contributed by atoms with Crippen molar-refractivity contribution in [3.05, 3.63) is 23.7 Å². The summed E-state index contributed by atoms with van der Waals surface area (Å²) >= 11 is 0. The second-order valence-electron chi connectivity index (χ2n) is 2.52. The van der Waals surface area contributed by atoms with Crippen molar-refractivity contribution in [1.29, 1.82) is 0 Å². The van der Waals surface area contributed by atoms with E-state index in [0.717, 1.165) is 12.2 Å². The molecule has 0 aromatic carbocycles. The van der Waals surface area contributed by atoms with Crippen molar-refractivity contribution >= 4 is 0 Å². The van der Waals surface area contributed by atoms with Crippen LogP contribution in [0.15, 0.2) is 23.7 Å². The molecule has 0 radical (unpaired) electrons. The van der Waals surface area contributed by atoms with E-state index in [-0.39, 0.29) is 5.92 Å². The minimum atomic E-state index is 0.249. The van der Waals surface area contributed by atoms with E-state index in [2.05, 4.69) is 0 Å². The summed E-state index contributed by atoms with van der Waals surface area (Å²) < 4.78 is 4.93. The highest BCUT2D eigenvalue weighted by Crippen LogP contribution is 2.21. The van der Waals surface area contributed by atoms with E-state index in [1.165, 1.54) is 0 Å². The number of allylic oxidation sites excluding steroid dienone is 3. The fourth-order valence-electron chi connectivity index (χ4n) is 0.903. The highest BCUT2D eigenvalue weighted by molar-refractivity contribution is 5.20. The minimum absolute atomic E-state index is 0.249. The van der Waals surface area contributed by atoms with E-state index in [1.54, 1.807) is 13.2 Å². The van der Waals surface area contributed by atoms with Crippen LogP contribution in [0.1, 0.15) is 13.3 Å². The second-order valence-corrected chi connectivity index (χ2v) is 2.52. The maximum atomic E-state index is 9.22. The molecule has 0 saturated carbocycles. The van der Waals surface area contributed by atoms with Crippen LogP contribution in [0.25, 0.3) is 0 Å². The van der Waals surface area contributed by atoms with Gasteiger partial charge in [-0.15, -0.1) is 0 Å². The highest BCUT2D eigenvalue weighted by atomic mass is 16.5. The molecule has 2 nitrogen and oxygen atoms in total. The van der Waals surface area contributed by atoms with Crippen LogP contribution >= 0.6 is 0 Å². The summed E-state index contributed by atoms with van der Waals surface area (Å²) in [5.41, 5.74) is 0. The van der Waals surface area contributed by atoms with E-state index < -0.39 is 0 Å². The lowest BCUT2D eigenvalue weighted by atomic mass is 10.0. The number of aliphatic hydroxyl groups excluding tert-OH is 1. The predicted octanol–water partition coefficient (Wildman–Crippen LogP) is 2.00. The number of hydrogen-bond acceptors (Lipinski definition) is 2. The molecule has 0 heterocycles. The quantitative estimate of drug-likeness (QED) is 0.603. The Morgan fingerprint density at radius 3 is 2.90 bits per heavy atom.